The monoisotopic (exact) mass is 359 g/mol. The van der Waals surface area contributed by atoms with Crippen molar-refractivity contribution in [1.29, 1.82) is 0 Å². The Balaban J connectivity index is 1.83. The maximum absolute atomic E-state index is 12.2. The molecule has 0 radical (unpaired) electrons. The highest BCUT2D eigenvalue weighted by molar-refractivity contribution is 6.30. The van der Waals surface area contributed by atoms with Crippen LogP contribution in [0.25, 0.3) is 0 Å². The lowest BCUT2D eigenvalue weighted by atomic mass is 10.1. The minimum absolute atomic E-state index is 0.0895. The van der Waals surface area contributed by atoms with Crippen molar-refractivity contribution in [3.05, 3.63) is 70.2 Å². The van der Waals surface area contributed by atoms with E-state index in [-0.39, 0.29) is 18.0 Å². The third-order valence-corrected chi connectivity index (χ3v) is 3.71. The Bertz CT molecular complexity index is 712. The SMILES string of the molecule is CC(C)NC(=O)NCc1ccc(C(=O)NCc2ccc(Cl)cc2)cc1. The molecule has 3 amide bonds. The number of nitrogens with one attached hydrogen (secondary N) is 3. The van der Waals surface area contributed by atoms with E-state index in [0.29, 0.717) is 23.7 Å². The van der Waals surface area contributed by atoms with Crippen LogP contribution in [0.1, 0.15) is 35.3 Å². The summed E-state index contributed by atoms with van der Waals surface area (Å²) in [5.74, 6) is -0.146. The van der Waals surface area contributed by atoms with Gasteiger partial charge in [-0.2, -0.15) is 0 Å². The van der Waals surface area contributed by atoms with Crippen LogP contribution in [0.3, 0.4) is 0 Å². The minimum atomic E-state index is -0.209. The highest BCUT2D eigenvalue weighted by atomic mass is 35.5. The Morgan fingerprint density at radius 2 is 1.40 bits per heavy atom. The molecule has 0 saturated heterocycles. The summed E-state index contributed by atoms with van der Waals surface area (Å²) in [5, 5.41) is 9.06. The normalized spacial score (nSPS) is 10.4. The van der Waals surface area contributed by atoms with Crippen molar-refractivity contribution in [3.63, 3.8) is 0 Å². The van der Waals surface area contributed by atoms with Crippen molar-refractivity contribution in [1.82, 2.24) is 16.0 Å². The number of carbonyl (C=O) groups is 2. The summed E-state index contributed by atoms with van der Waals surface area (Å²) in [6.07, 6.45) is 0. The lowest BCUT2D eigenvalue weighted by molar-refractivity contribution is 0.0951. The fraction of sp³-hybridized carbons (Fsp3) is 0.263. The fourth-order valence-electron chi connectivity index (χ4n) is 2.16. The van der Waals surface area contributed by atoms with E-state index in [2.05, 4.69) is 16.0 Å². The van der Waals surface area contributed by atoms with Gasteiger partial charge in [-0.1, -0.05) is 35.9 Å². The summed E-state index contributed by atoms with van der Waals surface area (Å²) < 4.78 is 0. The smallest absolute Gasteiger partial charge is 0.315 e. The van der Waals surface area contributed by atoms with Crippen LogP contribution in [0, 0.1) is 0 Å². The lowest BCUT2D eigenvalue weighted by Crippen LogP contribution is -2.39. The molecule has 0 aliphatic rings. The van der Waals surface area contributed by atoms with Crippen LogP contribution >= 0.6 is 11.6 Å². The maximum Gasteiger partial charge on any atom is 0.315 e. The molecule has 2 aromatic carbocycles. The molecule has 0 spiro atoms. The van der Waals surface area contributed by atoms with Crippen molar-refractivity contribution >= 4 is 23.5 Å². The molecule has 0 aliphatic heterocycles. The zero-order valence-corrected chi connectivity index (χ0v) is 15.1. The summed E-state index contributed by atoms with van der Waals surface area (Å²) in [6, 6.07) is 14.4. The van der Waals surface area contributed by atoms with Crippen LogP contribution in [0.4, 0.5) is 4.79 Å². The van der Waals surface area contributed by atoms with E-state index >= 15 is 0 Å². The molecule has 3 N–H and O–H groups in total. The van der Waals surface area contributed by atoms with Gasteiger partial charge >= 0.3 is 6.03 Å². The zero-order chi connectivity index (χ0) is 18.2. The van der Waals surface area contributed by atoms with E-state index in [1.807, 2.05) is 38.1 Å². The third-order valence-electron chi connectivity index (χ3n) is 3.46. The third kappa shape index (κ3) is 6.47. The Labute approximate surface area is 152 Å². The van der Waals surface area contributed by atoms with Crippen LogP contribution in [0.5, 0.6) is 0 Å². The van der Waals surface area contributed by atoms with Gasteiger partial charge in [-0.05, 0) is 49.2 Å². The largest absolute Gasteiger partial charge is 0.348 e. The first kappa shape index (κ1) is 18.8. The molecule has 5 nitrogen and oxygen atoms in total. The van der Waals surface area contributed by atoms with Gasteiger partial charge in [-0.3, -0.25) is 4.79 Å². The minimum Gasteiger partial charge on any atom is -0.348 e. The molecular formula is C19H22ClN3O2. The van der Waals surface area contributed by atoms with Gasteiger partial charge in [0.2, 0.25) is 0 Å². The molecular weight excluding hydrogens is 338 g/mol. The van der Waals surface area contributed by atoms with Crippen molar-refractivity contribution in [2.75, 3.05) is 0 Å². The summed E-state index contributed by atoms with van der Waals surface area (Å²) in [5.41, 5.74) is 2.48. The van der Waals surface area contributed by atoms with Crippen LogP contribution in [0.2, 0.25) is 5.02 Å². The molecule has 0 aliphatic carbocycles. The van der Waals surface area contributed by atoms with Gasteiger partial charge in [-0.15, -0.1) is 0 Å². The summed E-state index contributed by atoms with van der Waals surface area (Å²) >= 11 is 5.84. The van der Waals surface area contributed by atoms with E-state index < -0.39 is 0 Å². The average Bonchev–Trinajstić information content (AvgIpc) is 2.59. The predicted octanol–water partition coefficient (Wildman–Crippen LogP) is 3.48. The van der Waals surface area contributed by atoms with Gasteiger partial charge in [0, 0.05) is 29.7 Å². The van der Waals surface area contributed by atoms with E-state index in [4.69, 9.17) is 11.6 Å². The van der Waals surface area contributed by atoms with E-state index in [9.17, 15) is 9.59 Å². The standard InChI is InChI=1S/C19H22ClN3O2/c1-13(2)23-19(25)22-12-14-3-7-16(8-4-14)18(24)21-11-15-5-9-17(20)10-6-15/h3-10,13H,11-12H2,1-2H3,(H,21,24)(H2,22,23,25). The lowest BCUT2D eigenvalue weighted by Gasteiger charge is -2.10. The van der Waals surface area contributed by atoms with Gasteiger partial charge in [0.15, 0.2) is 0 Å². The molecule has 2 aromatic rings. The molecule has 0 saturated carbocycles. The average molecular weight is 360 g/mol. The first-order valence-corrected chi connectivity index (χ1v) is 8.48. The fourth-order valence-corrected chi connectivity index (χ4v) is 2.28. The van der Waals surface area contributed by atoms with Crippen LogP contribution in [-0.4, -0.2) is 18.0 Å². The first-order valence-electron chi connectivity index (χ1n) is 8.10. The number of benzene rings is 2. The molecule has 2 rings (SSSR count). The van der Waals surface area contributed by atoms with Crippen molar-refractivity contribution in [2.24, 2.45) is 0 Å². The Hall–Kier alpha value is -2.53. The van der Waals surface area contributed by atoms with E-state index in [0.717, 1.165) is 11.1 Å². The molecule has 25 heavy (non-hydrogen) atoms. The van der Waals surface area contributed by atoms with E-state index in [1.54, 1.807) is 24.3 Å². The molecule has 6 heteroatoms. The Kier molecular flexibility index (Phi) is 6.83. The maximum atomic E-state index is 12.2. The second-order valence-corrected chi connectivity index (χ2v) is 6.42. The second-order valence-electron chi connectivity index (χ2n) is 5.99. The van der Waals surface area contributed by atoms with Gasteiger partial charge in [0.1, 0.15) is 0 Å². The number of carbonyl (C=O) groups excluding carboxylic acids is 2. The topological polar surface area (TPSA) is 70.2 Å². The molecule has 0 atom stereocenters. The summed E-state index contributed by atoms with van der Waals surface area (Å²) in [6.45, 7) is 4.65. The van der Waals surface area contributed by atoms with Crippen LogP contribution in [-0.2, 0) is 13.1 Å². The van der Waals surface area contributed by atoms with Gasteiger partial charge in [-0.25, -0.2) is 4.79 Å². The van der Waals surface area contributed by atoms with Crippen LogP contribution in [0.15, 0.2) is 48.5 Å². The summed E-state index contributed by atoms with van der Waals surface area (Å²) in [7, 11) is 0. The van der Waals surface area contributed by atoms with Crippen LogP contribution < -0.4 is 16.0 Å². The van der Waals surface area contributed by atoms with Gasteiger partial charge in [0.05, 0.1) is 0 Å². The second kappa shape index (κ2) is 9.08. The molecule has 0 aromatic heterocycles. The van der Waals surface area contributed by atoms with Crippen molar-refractivity contribution < 1.29 is 9.59 Å². The number of hydrogen-bond donors (Lipinski definition) is 3. The zero-order valence-electron chi connectivity index (χ0n) is 14.3. The number of rotatable bonds is 6. The highest BCUT2D eigenvalue weighted by Crippen LogP contribution is 2.10. The Morgan fingerprint density at radius 3 is 1.96 bits per heavy atom. The number of halogens is 1. The van der Waals surface area contributed by atoms with E-state index in [1.165, 1.54) is 0 Å². The number of amides is 3. The molecule has 132 valence electrons. The van der Waals surface area contributed by atoms with Gasteiger partial charge in [0.25, 0.3) is 5.91 Å². The highest BCUT2D eigenvalue weighted by Gasteiger charge is 2.06. The molecule has 0 heterocycles. The van der Waals surface area contributed by atoms with Crippen molar-refractivity contribution in [2.45, 2.75) is 33.0 Å². The molecule has 0 fully saturated rings. The molecule has 0 bridgehead atoms. The number of hydrogen-bond acceptors (Lipinski definition) is 2. The van der Waals surface area contributed by atoms with Gasteiger partial charge < -0.3 is 16.0 Å². The Morgan fingerprint density at radius 1 is 0.880 bits per heavy atom. The predicted molar refractivity (Wildman–Crippen MR) is 99.6 cm³/mol. The number of urea groups is 1. The molecule has 0 unspecified atom stereocenters. The van der Waals surface area contributed by atoms with Crippen molar-refractivity contribution in [3.8, 4) is 0 Å². The first-order chi connectivity index (χ1) is 11.9. The quantitative estimate of drug-likeness (QED) is 0.739. The summed E-state index contributed by atoms with van der Waals surface area (Å²) in [4.78, 5) is 23.7.